The topological polar surface area (TPSA) is 66.4 Å². The summed E-state index contributed by atoms with van der Waals surface area (Å²) < 4.78 is 0. The van der Waals surface area contributed by atoms with Gasteiger partial charge in [-0.3, -0.25) is 4.79 Å². The lowest BCUT2D eigenvalue weighted by Gasteiger charge is -2.12. The van der Waals surface area contributed by atoms with E-state index in [9.17, 15) is 9.59 Å². The van der Waals surface area contributed by atoms with Crippen molar-refractivity contribution in [1.29, 1.82) is 0 Å². The Morgan fingerprint density at radius 2 is 2.21 bits per heavy atom. The van der Waals surface area contributed by atoms with Gasteiger partial charge < -0.3 is 10.4 Å². The van der Waals surface area contributed by atoms with Gasteiger partial charge in [-0.05, 0) is 6.42 Å². The van der Waals surface area contributed by atoms with E-state index < -0.39 is 12.0 Å². The van der Waals surface area contributed by atoms with E-state index >= 15 is 0 Å². The molecule has 0 aliphatic carbocycles. The Morgan fingerprint density at radius 3 is 2.64 bits per heavy atom. The van der Waals surface area contributed by atoms with Gasteiger partial charge in [0, 0.05) is 12.8 Å². The molecule has 78 valence electrons. The van der Waals surface area contributed by atoms with Gasteiger partial charge >= 0.3 is 5.97 Å². The average Bonchev–Trinajstić information content (AvgIpc) is 2.14. The number of carbonyl (C=O) groups is 2. The molecule has 4 heteroatoms. The first-order chi connectivity index (χ1) is 6.61. The number of carboxylic acids is 1. The van der Waals surface area contributed by atoms with Crippen molar-refractivity contribution in [3.63, 3.8) is 0 Å². The van der Waals surface area contributed by atoms with Crippen molar-refractivity contribution in [2.45, 2.75) is 38.6 Å². The molecule has 0 aromatic carbocycles. The number of rotatable bonds is 6. The van der Waals surface area contributed by atoms with Crippen LogP contribution in [-0.4, -0.2) is 23.0 Å². The van der Waals surface area contributed by atoms with Gasteiger partial charge in [0.2, 0.25) is 5.91 Å². The lowest BCUT2D eigenvalue weighted by molar-refractivity contribution is -0.142. The zero-order valence-corrected chi connectivity index (χ0v) is 8.25. The molecule has 1 atom stereocenters. The van der Waals surface area contributed by atoms with Crippen LogP contribution in [0.2, 0.25) is 0 Å². The molecule has 0 spiro atoms. The van der Waals surface area contributed by atoms with Crippen LogP contribution >= 0.6 is 0 Å². The molecule has 0 unspecified atom stereocenters. The summed E-state index contributed by atoms with van der Waals surface area (Å²) in [7, 11) is 0. The van der Waals surface area contributed by atoms with Gasteiger partial charge in [0.15, 0.2) is 0 Å². The van der Waals surface area contributed by atoms with E-state index in [1.807, 2.05) is 6.92 Å². The summed E-state index contributed by atoms with van der Waals surface area (Å²) in [6, 6.07) is -0.787. The predicted molar refractivity (Wildman–Crippen MR) is 52.5 cm³/mol. The number of carboxylic acid groups (broad SMARTS) is 1. The van der Waals surface area contributed by atoms with E-state index in [0.717, 1.165) is 0 Å². The molecule has 0 aromatic heterocycles. The predicted octanol–water partition coefficient (Wildman–Crippen LogP) is 0.769. The molecule has 0 bridgehead atoms. The Kier molecular flexibility index (Phi) is 6.21. The van der Waals surface area contributed by atoms with E-state index in [4.69, 9.17) is 11.5 Å². The highest BCUT2D eigenvalue weighted by Gasteiger charge is 2.17. The highest BCUT2D eigenvalue weighted by Crippen LogP contribution is 1.98. The van der Waals surface area contributed by atoms with Gasteiger partial charge in [-0.1, -0.05) is 13.3 Å². The van der Waals surface area contributed by atoms with Crippen LogP contribution in [0.25, 0.3) is 0 Å². The van der Waals surface area contributed by atoms with Crippen LogP contribution < -0.4 is 5.32 Å². The molecule has 0 aliphatic rings. The molecule has 0 radical (unpaired) electrons. The first-order valence-electron chi connectivity index (χ1n) is 4.57. The van der Waals surface area contributed by atoms with E-state index in [1.165, 1.54) is 0 Å². The van der Waals surface area contributed by atoms with Gasteiger partial charge in [-0.15, -0.1) is 12.3 Å². The average molecular weight is 197 g/mol. The summed E-state index contributed by atoms with van der Waals surface area (Å²) in [5.74, 6) is 1.02. The quantitative estimate of drug-likeness (QED) is 0.618. The molecular weight excluding hydrogens is 182 g/mol. The van der Waals surface area contributed by atoms with Crippen molar-refractivity contribution in [2.75, 3.05) is 0 Å². The van der Waals surface area contributed by atoms with Gasteiger partial charge in [0.25, 0.3) is 0 Å². The molecule has 0 aromatic rings. The van der Waals surface area contributed by atoms with E-state index in [0.29, 0.717) is 19.3 Å². The largest absolute Gasteiger partial charge is 0.480 e. The monoisotopic (exact) mass is 197 g/mol. The number of amides is 1. The molecule has 2 N–H and O–H groups in total. The maximum Gasteiger partial charge on any atom is 0.326 e. The second-order valence-electron chi connectivity index (χ2n) is 2.95. The highest BCUT2D eigenvalue weighted by atomic mass is 16.4. The second-order valence-corrected chi connectivity index (χ2v) is 2.95. The first kappa shape index (κ1) is 12.5. The third-order valence-electron chi connectivity index (χ3n) is 1.71. The smallest absolute Gasteiger partial charge is 0.326 e. The van der Waals surface area contributed by atoms with Crippen molar-refractivity contribution in [2.24, 2.45) is 0 Å². The summed E-state index contributed by atoms with van der Waals surface area (Å²) >= 11 is 0. The Hall–Kier alpha value is -1.50. The molecule has 0 saturated carbocycles. The number of carbonyl (C=O) groups excluding carboxylic acids is 1. The van der Waals surface area contributed by atoms with Crippen LogP contribution in [0.3, 0.4) is 0 Å². The minimum atomic E-state index is -0.999. The van der Waals surface area contributed by atoms with Crippen LogP contribution in [0, 0.1) is 12.3 Å². The molecule has 0 heterocycles. The van der Waals surface area contributed by atoms with Gasteiger partial charge in [-0.25, -0.2) is 4.79 Å². The minimum Gasteiger partial charge on any atom is -0.480 e. The molecule has 14 heavy (non-hydrogen) atoms. The van der Waals surface area contributed by atoms with Crippen molar-refractivity contribution >= 4 is 11.9 Å². The Balaban J connectivity index is 3.97. The van der Waals surface area contributed by atoms with E-state index in [1.54, 1.807) is 0 Å². The first-order valence-corrected chi connectivity index (χ1v) is 4.57. The van der Waals surface area contributed by atoms with E-state index in [2.05, 4.69) is 11.2 Å². The molecule has 0 rings (SSSR count). The Bertz CT molecular complexity index is 242. The van der Waals surface area contributed by atoms with Crippen molar-refractivity contribution in [3.05, 3.63) is 0 Å². The van der Waals surface area contributed by atoms with Crippen LogP contribution in [0.5, 0.6) is 0 Å². The Morgan fingerprint density at radius 1 is 1.57 bits per heavy atom. The molecule has 0 saturated heterocycles. The second kappa shape index (κ2) is 6.96. The lowest BCUT2D eigenvalue weighted by atomic mass is 10.1. The normalized spacial score (nSPS) is 11.4. The summed E-state index contributed by atoms with van der Waals surface area (Å²) in [5.41, 5.74) is 0. The van der Waals surface area contributed by atoms with Crippen molar-refractivity contribution in [1.82, 2.24) is 5.32 Å². The highest BCUT2D eigenvalue weighted by molar-refractivity contribution is 5.83. The van der Waals surface area contributed by atoms with Crippen LogP contribution in [0.4, 0.5) is 0 Å². The SMILES string of the molecule is C#CCCC(=O)N[C@H](CCC)C(=O)O. The van der Waals surface area contributed by atoms with Gasteiger partial charge in [0.05, 0.1) is 0 Å². The molecule has 0 fully saturated rings. The minimum absolute atomic E-state index is 0.185. The summed E-state index contributed by atoms with van der Waals surface area (Å²) in [6.07, 6.45) is 6.66. The van der Waals surface area contributed by atoms with Gasteiger partial charge in [0.1, 0.15) is 6.04 Å². The van der Waals surface area contributed by atoms with Crippen molar-refractivity contribution in [3.8, 4) is 12.3 Å². The van der Waals surface area contributed by atoms with Crippen molar-refractivity contribution < 1.29 is 14.7 Å². The number of nitrogens with one attached hydrogen (secondary N) is 1. The maximum atomic E-state index is 11.1. The molecular formula is C10H15NO3. The number of hydrogen-bond donors (Lipinski definition) is 2. The van der Waals surface area contributed by atoms with Crippen LogP contribution in [-0.2, 0) is 9.59 Å². The number of hydrogen-bond acceptors (Lipinski definition) is 2. The molecule has 4 nitrogen and oxygen atoms in total. The number of aliphatic carboxylic acids is 1. The summed E-state index contributed by atoms with van der Waals surface area (Å²) in [6.45, 7) is 1.86. The number of terminal acetylenes is 1. The maximum absolute atomic E-state index is 11.1. The fourth-order valence-electron chi connectivity index (χ4n) is 0.998. The third kappa shape index (κ3) is 5.20. The molecule has 1 amide bonds. The fraction of sp³-hybridized carbons (Fsp3) is 0.600. The van der Waals surface area contributed by atoms with Gasteiger partial charge in [-0.2, -0.15) is 0 Å². The third-order valence-corrected chi connectivity index (χ3v) is 1.71. The summed E-state index contributed by atoms with van der Waals surface area (Å²) in [5, 5.41) is 11.1. The fourth-order valence-corrected chi connectivity index (χ4v) is 0.998. The van der Waals surface area contributed by atoms with E-state index in [-0.39, 0.29) is 12.3 Å². The molecule has 0 aliphatic heterocycles. The zero-order chi connectivity index (χ0) is 11.0. The van der Waals surface area contributed by atoms with Crippen LogP contribution in [0.1, 0.15) is 32.6 Å². The van der Waals surface area contributed by atoms with Crippen LogP contribution in [0.15, 0.2) is 0 Å². The zero-order valence-electron chi connectivity index (χ0n) is 8.25. The lowest BCUT2D eigenvalue weighted by Crippen LogP contribution is -2.40. The standard InChI is InChI=1S/C10H15NO3/c1-3-5-7-9(12)11-8(6-4-2)10(13)14/h1,8H,4-7H2,2H3,(H,11,12)(H,13,14)/t8-/m1/s1. The summed E-state index contributed by atoms with van der Waals surface area (Å²) in [4.78, 5) is 21.8. The Labute approximate surface area is 83.7 Å².